The second-order valence-electron chi connectivity index (χ2n) is 5.16. The van der Waals surface area contributed by atoms with E-state index in [2.05, 4.69) is 17.9 Å². The van der Waals surface area contributed by atoms with E-state index in [4.69, 9.17) is 9.47 Å². The highest BCUT2D eigenvalue weighted by atomic mass is 32.1. The number of aryl methyl sites for hydroxylation is 1. The van der Waals surface area contributed by atoms with E-state index in [1.807, 2.05) is 24.3 Å². The maximum Gasteiger partial charge on any atom is 0.119 e. The van der Waals surface area contributed by atoms with Gasteiger partial charge in [-0.2, -0.15) is 5.26 Å². The fourth-order valence-electron chi connectivity index (χ4n) is 2.75. The third-order valence-corrected chi connectivity index (χ3v) is 5.00. The Bertz CT molecular complexity index is 712. The molecule has 0 amide bonds. The molecule has 0 spiro atoms. The van der Waals surface area contributed by atoms with E-state index in [0.717, 1.165) is 58.6 Å². The van der Waals surface area contributed by atoms with Gasteiger partial charge in [-0.3, -0.25) is 0 Å². The molecule has 0 saturated carbocycles. The summed E-state index contributed by atoms with van der Waals surface area (Å²) in [7, 11) is 1.66. The lowest BCUT2D eigenvalue weighted by Crippen LogP contribution is -2.36. The van der Waals surface area contributed by atoms with Crippen LogP contribution in [0.2, 0.25) is 0 Å². The van der Waals surface area contributed by atoms with Crippen molar-refractivity contribution in [3.8, 4) is 22.9 Å². The van der Waals surface area contributed by atoms with E-state index in [1.165, 1.54) is 0 Å². The first kappa shape index (κ1) is 14.9. The van der Waals surface area contributed by atoms with Crippen LogP contribution in [0, 0.1) is 18.3 Å². The van der Waals surface area contributed by atoms with Crippen LogP contribution in [0.4, 0.5) is 5.00 Å². The SMILES string of the molecule is COc1cccc(-c2c(C)sc(N3CCOCC3)c2C#N)c1. The van der Waals surface area contributed by atoms with Gasteiger partial charge in [0.15, 0.2) is 0 Å². The Morgan fingerprint density at radius 1 is 1.32 bits per heavy atom. The second kappa shape index (κ2) is 6.39. The van der Waals surface area contributed by atoms with Crippen molar-refractivity contribution in [3.05, 3.63) is 34.7 Å². The van der Waals surface area contributed by atoms with Crippen LogP contribution in [0.3, 0.4) is 0 Å². The number of nitrogens with zero attached hydrogens (tertiary/aromatic N) is 2. The standard InChI is InChI=1S/C17H18N2O2S/c1-12-16(13-4-3-5-14(10-13)20-2)15(11-18)17(22-12)19-6-8-21-9-7-19/h3-5,10H,6-9H2,1-2H3. The minimum Gasteiger partial charge on any atom is -0.497 e. The maximum atomic E-state index is 9.70. The molecule has 1 aromatic carbocycles. The molecule has 1 aliphatic rings. The number of hydrogen-bond donors (Lipinski definition) is 0. The Balaban J connectivity index is 2.08. The van der Waals surface area contributed by atoms with Crippen LogP contribution in [0.15, 0.2) is 24.3 Å². The molecule has 1 saturated heterocycles. The normalized spacial score (nSPS) is 14.7. The van der Waals surface area contributed by atoms with Gasteiger partial charge in [-0.15, -0.1) is 11.3 Å². The number of nitriles is 1. The van der Waals surface area contributed by atoms with Crippen LogP contribution in [-0.2, 0) is 4.74 Å². The fourth-order valence-corrected chi connectivity index (χ4v) is 3.92. The molecule has 114 valence electrons. The van der Waals surface area contributed by atoms with E-state index < -0.39 is 0 Å². The van der Waals surface area contributed by atoms with Gasteiger partial charge in [0, 0.05) is 23.5 Å². The number of benzene rings is 1. The zero-order chi connectivity index (χ0) is 15.5. The highest BCUT2D eigenvalue weighted by Gasteiger charge is 2.23. The van der Waals surface area contributed by atoms with Gasteiger partial charge >= 0.3 is 0 Å². The minimum absolute atomic E-state index is 0.719. The lowest BCUT2D eigenvalue weighted by atomic mass is 10.0. The Morgan fingerprint density at radius 2 is 2.09 bits per heavy atom. The molecule has 0 bridgehead atoms. The quantitative estimate of drug-likeness (QED) is 0.870. The molecule has 1 aromatic heterocycles. The zero-order valence-corrected chi connectivity index (χ0v) is 13.6. The largest absolute Gasteiger partial charge is 0.497 e. The molecule has 1 aliphatic heterocycles. The van der Waals surface area contributed by atoms with Crippen LogP contribution in [0.25, 0.3) is 11.1 Å². The predicted molar refractivity (Wildman–Crippen MR) is 88.8 cm³/mol. The highest BCUT2D eigenvalue weighted by molar-refractivity contribution is 7.16. The third kappa shape index (κ3) is 2.68. The number of thiophene rings is 1. The molecule has 3 rings (SSSR count). The Morgan fingerprint density at radius 3 is 2.77 bits per heavy atom. The smallest absolute Gasteiger partial charge is 0.119 e. The summed E-state index contributed by atoms with van der Waals surface area (Å²) >= 11 is 1.69. The van der Waals surface area contributed by atoms with Gasteiger partial charge in [-0.1, -0.05) is 12.1 Å². The van der Waals surface area contributed by atoms with Crippen molar-refractivity contribution in [2.45, 2.75) is 6.92 Å². The number of ether oxygens (including phenoxy) is 2. The number of methoxy groups -OCH3 is 1. The molecule has 0 aliphatic carbocycles. The van der Waals surface area contributed by atoms with Crippen molar-refractivity contribution in [3.63, 3.8) is 0 Å². The average molecular weight is 314 g/mol. The summed E-state index contributed by atoms with van der Waals surface area (Å²) in [6.07, 6.45) is 0. The molecular weight excluding hydrogens is 296 g/mol. The van der Waals surface area contributed by atoms with Gasteiger partial charge in [-0.25, -0.2) is 0 Å². The summed E-state index contributed by atoms with van der Waals surface area (Å²) < 4.78 is 10.7. The van der Waals surface area contributed by atoms with Gasteiger partial charge in [0.25, 0.3) is 0 Å². The van der Waals surface area contributed by atoms with Crippen LogP contribution in [0.5, 0.6) is 5.75 Å². The van der Waals surface area contributed by atoms with Gasteiger partial charge in [-0.05, 0) is 24.6 Å². The van der Waals surface area contributed by atoms with Crippen LogP contribution in [-0.4, -0.2) is 33.4 Å². The van der Waals surface area contributed by atoms with Gasteiger partial charge in [0.05, 0.1) is 25.9 Å². The van der Waals surface area contributed by atoms with Crippen molar-refractivity contribution in [1.29, 1.82) is 5.26 Å². The summed E-state index contributed by atoms with van der Waals surface area (Å²) in [6.45, 7) is 5.19. The molecule has 0 radical (unpaired) electrons. The number of hydrogen-bond acceptors (Lipinski definition) is 5. The van der Waals surface area contributed by atoms with E-state index in [1.54, 1.807) is 18.4 Å². The summed E-state index contributed by atoms with van der Waals surface area (Å²) in [5.74, 6) is 0.805. The minimum atomic E-state index is 0.719. The second-order valence-corrected chi connectivity index (χ2v) is 6.36. The van der Waals surface area contributed by atoms with Crippen LogP contribution in [0.1, 0.15) is 10.4 Å². The molecule has 1 fully saturated rings. The third-order valence-electron chi connectivity index (χ3n) is 3.83. The van der Waals surface area contributed by atoms with Crippen LogP contribution < -0.4 is 9.64 Å². The van der Waals surface area contributed by atoms with E-state index >= 15 is 0 Å². The molecule has 22 heavy (non-hydrogen) atoms. The Kier molecular flexibility index (Phi) is 4.32. The van der Waals surface area contributed by atoms with Crippen molar-refractivity contribution in [2.24, 2.45) is 0 Å². The number of rotatable bonds is 3. The highest BCUT2D eigenvalue weighted by Crippen LogP contribution is 2.42. The average Bonchev–Trinajstić information content (AvgIpc) is 2.92. The summed E-state index contributed by atoms with van der Waals surface area (Å²) in [4.78, 5) is 3.41. The van der Waals surface area contributed by atoms with E-state index in [0.29, 0.717) is 0 Å². The van der Waals surface area contributed by atoms with Crippen LogP contribution >= 0.6 is 11.3 Å². The van der Waals surface area contributed by atoms with Crippen molar-refractivity contribution in [1.82, 2.24) is 0 Å². The van der Waals surface area contributed by atoms with Crippen molar-refractivity contribution < 1.29 is 9.47 Å². The van der Waals surface area contributed by atoms with Gasteiger partial charge < -0.3 is 14.4 Å². The first-order valence-corrected chi connectivity index (χ1v) is 8.07. The first-order valence-electron chi connectivity index (χ1n) is 7.25. The number of anilines is 1. The first-order chi connectivity index (χ1) is 10.7. The molecule has 2 heterocycles. The fraction of sp³-hybridized carbons (Fsp3) is 0.353. The van der Waals surface area contributed by atoms with E-state index in [9.17, 15) is 5.26 Å². The van der Waals surface area contributed by atoms with Gasteiger partial charge in [0.2, 0.25) is 0 Å². The molecule has 4 nitrogen and oxygen atoms in total. The van der Waals surface area contributed by atoms with Gasteiger partial charge in [0.1, 0.15) is 16.8 Å². The molecular formula is C17H18N2O2S. The zero-order valence-electron chi connectivity index (χ0n) is 12.8. The summed E-state index contributed by atoms with van der Waals surface area (Å²) in [5.41, 5.74) is 2.81. The summed E-state index contributed by atoms with van der Waals surface area (Å²) in [5, 5.41) is 10.8. The lowest BCUT2D eigenvalue weighted by molar-refractivity contribution is 0.123. The van der Waals surface area contributed by atoms with Crippen molar-refractivity contribution >= 4 is 16.3 Å². The predicted octanol–water partition coefficient (Wildman–Crippen LogP) is 3.44. The lowest BCUT2D eigenvalue weighted by Gasteiger charge is -2.27. The molecule has 0 unspecified atom stereocenters. The monoisotopic (exact) mass is 314 g/mol. The van der Waals surface area contributed by atoms with E-state index in [-0.39, 0.29) is 0 Å². The topological polar surface area (TPSA) is 45.5 Å². The molecule has 2 aromatic rings. The number of morpholine rings is 1. The Labute approximate surface area is 134 Å². The molecule has 5 heteroatoms. The maximum absolute atomic E-state index is 9.70. The molecule has 0 atom stereocenters. The summed E-state index contributed by atoms with van der Waals surface area (Å²) in [6, 6.07) is 10.3. The molecule has 0 N–H and O–H groups in total. The Hall–Kier alpha value is -2.03. The van der Waals surface area contributed by atoms with Crippen molar-refractivity contribution in [2.75, 3.05) is 38.3 Å².